The molecule has 0 unspecified atom stereocenters. The van der Waals surface area contributed by atoms with E-state index in [1.807, 2.05) is 25.1 Å². The van der Waals surface area contributed by atoms with Crippen molar-refractivity contribution < 1.29 is 9.13 Å². The summed E-state index contributed by atoms with van der Waals surface area (Å²) in [5.74, 6) is 6.65. The predicted molar refractivity (Wildman–Crippen MR) is 79.5 cm³/mol. The lowest BCUT2D eigenvalue weighted by atomic mass is 10.1. The molecule has 0 amide bonds. The Bertz CT molecular complexity index is 638. The Kier molecular flexibility index (Phi) is 5.03. The van der Waals surface area contributed by atoms with Crippen LogP contribution in [-0.2, 0) is 6.61 Å². The molecule has 2 aromatic carbocycles. The molecule has 0 spiro atoms. The van der Waals surface area contributed by atoms with Crippen LogP contribution in [0.1, 0.15) is 16.7 Å². The quantitative estimate of drug-likeness (QED) is 0.604. The standard InChI is InChI=1S/C17H14ClFO/c1-13-11-14(3-2-10-18)6-9-17(13)20-12-15-4-7-16(19)8-5-15/h4-9,11H,10,12H2,1H3. The van der Waals surface area contributed by atoms with Crippen LogP contribution in [0.15, 0.2) is 42.5 Å². The van der Waals surface area contributed by atoms with Gasteiger partial charge in [0.25, 0.3) is 0 Å². The minimum absolute atomic E-state index is 0.243. The van der Waals surface area contributed by atoms with Crippen molar-refractivity contribution in [3.05, 3.63) is 65.0 Å². The van der Waals surface area contributed by atoms with Gasteiger partial charge >= 0.3 is 0 Å². The zero-order valence-corrected chi connectivity index (χ0v) is 11.9. The Morgan fingerprint density at radius 2 is 1.90 bits per heavy atom. The molecule has 0 bridgehead atoms. The van der Waals surface area contributed by atoms with E-state index in [-0.39, 0.29) is 5.82 Å². The molecule has 0 aliphatic carbocycles. The van der Waals surface area contributed by atoms with Gasteiger partial charge in [-0.1, -0.05) is 24.0 Å². The Morgan fingerprint density at radius 1 is 1.15 bits per heavy atom. The summed E-state index contributed by atoms with van der Waals surface area (Å²) in [4.78, 5) is 0. The molecule has 3 heteroatoms. The molecule has 0 saturated carbocycles. The van der Waals surface area contributed by atoms with Gasteiger partial charge in [0.2, 0.25) is 0 Å². The molecule has 1 nitrogen and oxygen atoms in total. The van der Waals surface area contributed by atoms with Crippen LogP contribution in [0.3, 0.4) is 0 Å². The molecule has 0 aliphatic heterocycles. The highest BCUT2D eigenvalue weighted by molar-refractivity contribution is 6.19. The smallest absolute Gasteiger partial charge is 0.123 e. The van der Waals surface area contributed by atoms with Crippen molar-refractivity contribution in [3.8, 4) is 17.6 Å². The molecule has 0 atom stereocenters. The average Bonchev–Trinajstić information content (AvgIpc) is 2.46. The summed E-state index contributed by atoms with van der Waals surface area (Å²) in [6.07, 6.45) is 0. The number of alkyl halides is 1. The lowest BCUT2D eigenvalue weighted by Gasteiger charge is -2.09. The molecule has 0 saturated heterocycles. The lowest BCUT2D eigenvalue weighted by Crippen LogP contribution is -1.97. The Balaban J connectivity index is 2.04. The number of hydrogen-bond acceptors (Lipinski definition) is 1. The van der Waals surface area contributed by atoms with E-state index in [1.165, 1.54) is 12.1 Å². The second kappa shape index (κ2) is 6.98. The minimum atomic E-state index is -0.243. The number of benzene rings is 2. The van der Waals surface area contributed by atoms with Gasteiger partial charge in [-0.05, 0) is 48.4 Å². The van der Waals surface area contributed by atoms with Gasteiger partial charge in [-0.15, -0.1) is 11.6 Å². The third-order valence-electron chi connectivity index (χ3n) is 2.78. The number of aryl methyl sites for hydroxylation is 1. The summed E-state index contributed by atoms with van der Waals surface area (Å²) in [7, 11) is 0. The van der Waals surface area contributed by atoms with Gasteiger partial charge < -0.3 is 4.74 Å². The number of rotatable bonds is 3. The van der Waals surface area contributed by atoms with Gasteiger partial charge in [0.15, 0.2) is 0 Å². The average molecular weight is 289 g/mol. The molecule has 0 aliphatic rings. The van der Waals surface area contributed by atoms with Crippen molar-refractivity contribution in [2.45, 2.75) is 13.5 Å². The summed E-state index contributed by atoms with van der Waals surface area (Å²) in [5, 5.41) is 0. The molecule has 0 fully saturated rings. The normalized spacial score (nSPS) is 9.75. The van der Waals surface area contributed by atoms with Crippen LogP contribution < -0.4 is 4.74 Å². The van der Waals surface area contributed by atoms with Crippen LogP contribution >= 0.6 is 11.6 Å². The zero-order valence-electron chi connectivity index (χ0n) is 11.1. The second-order valence-corrected chi connectivity index (χ2v) is 4.60. The SMILES string of the molecule is Cc1cc(C#CCCl)ccc1OCc1ccc(F)cc1. The highest BCUT2D eigenvalue weighted by Gasteiger charge is 2.01. The summed E-state index contributed by atoms with van der Waals surface area (Å²) in [6.45, 7) is 2.37. The van der Waals surface area contributed by atoms with Crippen molar-refractivity contribution in [2.24, 2.45) is 0 Å². The van der Waals surface area contributed by atoms with Crippen LogP contribution in [-0.4, -0.2) is 5.88 Å². The molecule has 2 rings (SSSR count). The van der Waals surface area contributed by atoms with E-state index in [4.69, 9.17) is 16.3 Å². The fourth-order valence-corrected chi connectivity index (χ4v) is 1.83. The topological polar surface area (TPSA) is 9.23 Å². The van der Waals surface area contributed by atoms with E-state index in [9.17, 15) is 4.39 Å². The van der Waals surface area contributed by atoms with Crippen molar-refractivity contribution in [2.75, 3.05) is 5.88 Å². The summed E-state index contributed by atoms with van der Waals surface area (Å²) in [5.41, 5.74) is 2.85. The fourth-order valence-electron chi connectivity index (χ4n) is 1.77. The Morgan fingerprint density at radius 3 is 2.55 bits per heavy atom. The molecular weight excluding hydrogens is 275 g/mol. The van der Waals surface area contributed by atoms with Crippen molar-refractivity contribution in [3.63, 3.8) is 0 Å². The maximum Gasteiger partial charge on any atom is 0.123 e. The van der Waals surface area contributed by atoms with E-state index < -0.39 is 0 Å². The van der Waals surface area contributed by atoms with Crippen LogP contribution in [0.25, 0.3) is 0 Å². The van der Waals surface area contributed by atoms with Gasteiger partial charge in [0.1, 0.15) is 18.2 Å². The van der Waals surface area contributed by atoms with Gasteiger partial charge in [0, 0.05) is 5.56 Å². The van der Waals surface area contributed by atoms with E-state index in [1.54, 1.807) is 12.1 Å². The third kappa shape index (κ3) is 4.01. The molecule has 20 heavy (non-hydrogen) atoms. The first-order chi connectivity index (χ1) is 9.69. The van der Waals surface area contributed by atoms with Crippen molar-refractivity contribution >= 4 is 11.6 Å². The van der Waals surface area contributed by atoms with Gasteiger partial charge in [0.05, 0.1) is 5.88 Å². The number of ether oxygens (including phenoxy) is 1. The number of halogens is 2. The molecule has 102 valence electrons. The molecule has 0 radical (unpaired) electrons. The van der Waals surface area contributed by atoms with E-state index in [2.05, 4.69) is 11.8 Å². The fraction of sp³-hybridized carbons (Fsp3) is 0.176. The molecule has 2 aromatic rings. The predicted octanol–water partition coefficient (Wildman–Crippen LogP) is 4.30. The van der Waals surface area contributed by atoms with Crippen LogP contribution in [0.4, 0.5) is 4.39 Å². The van der Waals surface area contributed by atoms with E-state index in [0.717, 1.165) is 22.4 Å². The highest BCUT2D eigenvalue weighted by atomic mass is 35.5. The van der Waals surface area contributed by atoms with Gasteiger partial charge in [-0.25, -0.2) is 4.39 Å². The first kappa shape index (κ1) is 14.4. The van der Waals surface area contributed by atoms with Crippen molar-refractivity contribution in [1.29, 1.82) is 0 Å². The highest BCUT2D eigenvalue weighted by Crippen LogP contribution is 2.20. The second-order valence-electron chi connectivity index (χ2n) is 4.33. The zero-order chi connectivity index (χ0) is 14.4. The van der Waals surface area contributed by atoms with Gasteiger partial charge in [-0.2, -0.15) is 0 Å². The molecule has 0 aromatic heterocycles. The Labute approximate surface area is 123 Å². The number of hydrogen-bond donors (Lipinski definition) is 0. The maximum atomic E-state index is 12.8. The molecular formula is C17H14ClFO. The van der Waals surface area contributed by atoms with Crippen LogP contribution in [0, 0.1) is 24.6 Å². The van der Waals surface area contributed by atoms with E-state index in [0.29, 0.717) is 12.5 Å². The van der Waals surface area contributed by atoms with E-state index >= 15 is 0 Å². The largest absolute Gasteiger partial charge is 0.489 e. The van der Waals surface area contributed by atoms with Crippen molar-refractivity contribution in [1.82, 2.24) is 0 Å². The monoisotopic (exact) mass is 288 g/mol. The summed E-state index contributed by atoms with van der Waals surface area (Å²) < 4.78 is 18.5. The molecule has 0 heterocycles. The summed E-state index contributed by atoms with van der Waals surface area (Å²) in [6, 6.07) is 12.0. The first-order valence-electron chi connectivity index (χ1n) is 6.22. The molecule has 0 N–H and O–H groups in total. The minimum Gasteiger partial charge on any atom is -0.489 e. The first-order valence-corrected chi connectivity index (χ1v) is 6.75. The maximum absolute atomic E-state index is 12.8. The van der Waals surface area contributed by atoms with Gasteiger partial charge in [-0.3, -0.25) is 0 Å². The third-order valence-corrected chi connectivity index (χ3v) is 2.92. The summed E-state index contributed by atoms with van der Waals surface area (Å²) >= 11 is 5.53. The van der Waals surface area contributed by atoms with Crippen LogP contribution in [0.5, 0.6) is 5.75 Å². The van der Waals surface area contributed by atoms with Crippen LogP contribution in [0.2, 0.25) is 0 Å². The lowest BCUT2D eigenvalue weighted by molar-refractivity contribution is 0.304. The Hall–Kier alpha value is -1.98.